The van der Waals surface area contributed by atoms with E-state index >= 15 is 0 Å². The van der Waals surface area contributed by atoms with E-state index in [2.05, 4.69) is 15.6 Å². The molecule has 1 saturated heterocycles. The highest BCUT2D eigenvalue weighted by atomic mass is 32.2. The van der Waals surface area contributed by atoms with E-state index in [1.54, 1.807) is 66.7 Å². The number of para-hydroxylation sites is 1. The molecule has 3 amide bonds. The van der Waals surface area contributed by atoms with Gasteiger partial charge < -0.3 is 5.32 Å². The number of nitrogens with one attached hydrogen (secondary N) is 2. The second kappa shape index (κ2) is 12.4. The number of fused-ring (bicyclic) bond motifs is 1. The van der Waals surface area contributed by atoms with Gasteiger partial charge in [-0.1, -0.05) is 53.7 Å². The van der Waals surface area contributed by atoms with Crippen LogP contribution in [-0.4, -0.2) is 32.7 Å². The average molecular weight is 652 g/mol. The Hall–Kier alpha value is -5.24. The normalized spacial score (nSPS) is 14.1. The molecule has 0 aliphatic carbocycles. The van der Waals surface area contributed by atoms with Gasteiger partial charge in [0.2, 0.25) is 0 Å². The standard InChI is InChI=1S/C32H21N5O5S3/c1-18-7-10-20(11-8-18)28(38)33-21-12-13-24-27(17-21)45-32(34-24)44-26-14-9-19(16-25(26)37(41)42)15-23-29(39)35-31(43)36(30(23)40)22-5-3-2-4-6-22/h2-17H,1H3,(H,33,38)(H,35,39,43)/b23-15+. The number of amides is 3. The third-order valence-corrected chi connectivity index (χ3v) is 9.17. The van der Waals surface area contributed by atoms with Gasteiger partial charge in [-0.3, -0.25) is 34.7 Å². The molecule has 0 radical (unpaired) electrons. The number of thiocarbonyl (C=S) groups is 1. The van der Waals surface area contributed by atoms with Crippen LogP contribution in [0.5, 0.6) is 0 Å². The number of nitrogens with zero attached hydrogens (tertiary/aromatic N) is 3. The van der Waals surface area contributed by atoms with E-state index in [-0.39, 0.29) is 22.3 Å². The van der Waals surface area contributed by atoms with E-state index in [0.717, 1.165) is 22.0 Å². The maximum Gasteiger partial charge on any atom is 0.283 e. The molecule has 2 heterocycles. The van der Waals surface area contributed by atoms with Crippen molar-refractivity contribution in [2.24, 2.45) is 0 Å². The Kier molecular flexibility index (Phi) is 8.22. The minimum atomic E-state index is -0.692. The van der Waals surface area contributed by atoms with E-state index in [4.69, 9.17) is 12.2 Å². The number of carbonyl (C=O) groups excluding carboxylic acids is 3. The molecule has 1 fully saturated rings. The molecule has 0 unspecified atom stereocenters. The number of hydrogen-bond acceptors (Lipinski definition) is 9. The summed E-state index contributed by atoms with van der Waals surface area (Å²) >= 11 is 7.68. The van der Waals surface area contributed by atoms with Crippen LogP contribution >= 0.6 is 35.3 Å². The average Bonchev–Trinajstić information content (AvgIpc) is 3.42. The van der Waals surface area contributed by atoms with Gasteiger partial charge in [0.1, 0.15) is 5.57 Å². The van der Waals surface area contributed by atoms with Crippen LogP contribution in [0, 0.1) is 17.0 Å². The van der Waals surface area contributed by atoms with Crippen LogP contribution < -0.4 is 15.5 Å². The molecule has 1 aromatic heterocycles. The summed E-state index contributed by atoms with van der Waals surface area (Å²) in [5.74, 6) is -1.57. The van der Waals surface area contributed by atoms with E-state index in [1.807, 2.05) is 25.1 Å². The first-order valence-electron chi connectivity index (χ1n) is 13.4. The number of aromatic nitrogens is 1. The molecule has 222 valence electrons. The fraction of sp³-hybridized carbons (Fsp3) is 0.0312. The van der Waals surface area contributed by atoms with Gasteiger partial charge in [0.25, 0.3) is 23.4 Å². The number of rotatable bonds is 7. The molecule has 10 nitrogen and oxygen atoms in total. The topological polar surface area (TPSA) is 135 Å². The highest BCUT2D eigenvalue weighted by molar-refractivity contribution is 8.01. The lowest BCUT2D eigenvalue weighted by molar-refractivity contribution is -0.387. The minimum Gasteiger partial charge on any atom is -0.322 e. The number of nitro groups is 1. The molecule has 13 heteroatoms. The van der Waals surface area contributed by atoms with Gasteiger partial charge in [-0.2, -0.15) is 0 Å². The molecule has 1 aliphatic rings. The van der Waals surface area contributed by atoms with E-state index in [0.29, 0.717) is 37.3 Å². The smallest absolute Gasteiger partial charge is 0.283 e. The zero-order valence-electron chi connectivity index (χ0n) is 23.3. The summed E-state index contributed by atoms with van der Waals surface area (Å²) in [5.41, 5.74) is 3.24. The number of benzene rings is 4. The molecular formula is C32H21N5O5S3. The summed E-state index contributed by atoms with van der Waals surface area (Å²) in [6, 6.07) is 25.7. The third-order valence-electron chi connectivity index (χ3n) is 6.74. The molecular weight excluding hydrogens is 631 g/mol. The summed E-state index contributed by atoms with van der Waals surface area (Å²) in [6.07, 6.45) is 1.31. The predicted molar refractivity (Wildman–Crippen MR) is 179 cm³/mol. The van der Waals surface area contributed by atoms with Crippen LogP contribution in [0.15, 0.2) is 106 Å². The largest absolute Gasteiger partial charge is 0.322 e. The molecule has 5 aromatic rings. The zero-order valence-corrected chi connectivity index (χ0v) is 25.8. The van der Waals surface area contributed by atoms with Crippen molar-refractivity contribution >= 4 is 91.5 Å². The van der Waals surface area contributed by atoms with Gasteiger partial charge in [-0.05, 0) is 79.3 Å². The molecule has 4 aromatic carbocycles. The van der Waals surface area contributed by atoms with Crippen LogP contribution in [-0.2, 0) is 9.59 Å². The van der Waals surface area contributed by atoms with E-state index < -0.39 is 16.7 Å². The second-order valence-corrected chi connectivity index (χ2v) is 12.6. The third kappa shape index (κ3) is 6.36. The maximum absolute atomic E-state index is 13.3. The van der Waals surface area contributed by atoms with Crippen molar-refractivity contribution < 1.29 is 19.3 Å². The number of carbonyl (C=O) groups is 3. The zero-order chi connectivity index (χ0) is 31.7. The van der Waals surface area contributed by atoms with Crippen LogP contribution in [0.3, 0.4) is 0 Å². The number of thiazole rings is 1. The summed E-state index contributed by atoms with van der Waals surface area (Å²) in [4.78, 5) is 56.3. The Balaban J connectivity index is 1.24. The fourth-order valence-corrected chi connectivity index (χ4v) is 6.94. The Morgan fingerprint density at radius 3 is 2.53 bits per heavy atom. The number of aryl methyl sites for hydroxylation is 1. The van der Waals surface area contributed by atoms with Crippen LogP contribution in [0.2, 0.25) is 0 Å². The SMILES string of the molecule is Cc1ccc(C(=O)Nc2ccc3nc(Sc4ccc(/C=C5\C(=O)NC(=S)N(c6ccccc6)C5=O)cc4[N+](=O)[O-])sc3c2)cc1. The molecule has 0 bridgehead atoms. The molecule has 0 atom stereocenters. The van der Waals surface area contributed by atoms with Gasteiger partial charge in [0.05, 0.1) is 25.7 Å². The first kappa shape index (κ1) is 29.8. The first-order chi connectivity index (χ1) is 21.7. The van der Waals surface area contributed by atoms with Crippen molar-refractivity contribution in [2.45, 2.75) is 16.2 Å². The lowest BCUT2D eigenvalue weighted by Crippen LogP contribution is -2.54. The van der Waals surface area contributed by atoms with Crippen molar-refractivity contribution in [2.75, 3.05) is 10.2 Å². The fourth-order valence-electron chi connectivity index (χ4n) is 4.52. The number of hydrogen-bond donors (Lipinski definition) is 2. The monoisotopic (exact) mass is 651 g/mol. The Morgan fingerprint density at radius 1 is 1.04 bits per heavy atom. The number of anilines is 2. The molecule has 45 heavy (non-hydrogen) atoms. The minimum absolute atomic E-state index is 0.0531. The highest BCUT2D eigenvalue weighted by Gasteiger charge is 2.34. The van der Waals surface area contributed by atoms with Gasteiger partial charge in [0.15, 0.2) is 9.45 Å². The van der Waals surface area contributed by atoms with Crippen molar-refractivity contribution in [3.05, 3.63) is 123 Å². The summed E-state index contributed by atoms with van der Waals surface area (Å²) < 4.78 is 1.36. The van der Waals surface area contributed by atoms with E-state index in [9.17, 15) is 24.5 Å². The van der Waals surface area contributed by atoms with Crippen LogP contribution in [0.25, 0.3) is 16.3 Å². The number of nitro benzene ring substituents is 1. The summed E-state index contributed by atoms with van der Waals surface area (Å²) in [7, 11) is 0. The van der Waals surface area contributed by atoms with Crippen molar-refractivity contribution in [1.29, 1.82) is 0 Å². The second-order valence-electron chi connectivity index (χ2n) is 9.86. The predicted octanol–water partition coefficient (Wildman–Crippen LogP) is 6.75. The van der Waals surface area contributed by atoms with Gasteiger partial charge in [0, 0.05) is 17.3 Å². The van der Waals surface area contributed by atoms with Crippen molar-refractivity contribution in [3.8, 4) is 0 Å². The Labute approximate surface area is 269 Å². The van der Waals surface area contributed by atoms with Crippen LogP contribution in [0.4, 0.5) is 17.1 Å². The lowest BCUT2D eigenvalue weighted by Gasteiger charge is -2.28. The summed E-state index contributed by atoms with van der Waals surface area (Å²) in [5, 5.41) is 17.4. The highest BCUT2D eigenvalue weighted by Crippen LogP contribution is 2.40. The van der Waals surface area contributed by atoms with Crippen LogP contribution in [0.1, 0.15) is 21.5 Å². The quantitative estimate of drug-likeness (QED) is 0.0649. The lowest BCUT2D eigenvalue weighted by atomic mass is 10.1. The van der Waals surface area contributed by atoms with E-state index in [1.165, 1.54) is 28.4 Å². The molecule has 0 saturated carbocycles. The molecule has 1 aliphatic heterocycles. The molecule has 0 spiro atoms. The maximum atomic E-state index is 13.3. The summed E-state index contributed by atoms with van der Waals surface area (Å²) in [6.45, 7) is 1.95. The van der Waals surface area contributed by atoms with Gasteiger partial charge in [-0.15, -0.1) is 11.3 Å². The van der Waals surface area contributed by atoms with Crippen molar-refractivity contribution in [1.82, 2.24) is 10.3 Å². The molecule has 2 N–H and O–H groups in total. The molecule has 6 rings (SSSR count). The van der Waals surface area contributed by atoms with Gasteiger partial charge >= 0.3 is 0 Å². The van der Waals surface area contributed by atoms with Gasteiger partial charge in [-0.25, -0.2) is 4.98 Å². The first-order valence-corrected chi connectivity index (χ1v) is 15.4. The Bertz CT molecular complexity index is 2060. The Morgan fingerprint density at radius 2 is 1.80 bits per heavy atom. The van der Waals surface area contributed by atoms with Crippen molar-refractivity contribution in [3.63, 3.8) is 0 Å².